The van der Waals surface area contributed by atoms with Crippen LogP contribution in [0.15, 0.2) is 12.1 Å². The van der Waals surface area contributed by atoms with Crippen molar-refractivity contribution >= 4 is 29.3 Å². The summed E-state index contributed by atoms with van der Waals surface area (Å²) < 4.78 is 48.0. The number of alkyl halides is 1. The number of nitrogens with zero attached hydrogens (tertiary/aromatic N) is 3. The molecule has 2 atom stereocenters. The molecule has 1 unspecified atom stereocenters. The van der Waals surface area contributed by atoms with Crippen LogP contribution in [0.2, 0.25) is 0 Å². The van der Waals surface area contributed by atoms with Crippen molar-refractivity contribution in [2.24, 2.45) is 5.92 Å². The summed E-state index contributed by atoms with van der Waals surface area (Å²) in [5, 5.41) is 3.58. The number of carbonyl (C=O) groups is 3. The highest BCUT2D eigenvalue weighted by atomic mass is 19.1. The average Bonchev–Trinajstić information content (AvgIpc) is 3.57. The maximum Gasteiger partial charge on any atom is 0.414 e. The van der Waals surface area contributed by atoms with Gasteiger partial charge in [0.1, 0.15) is 11.8 Å². The lowest BCUT2D eigenvalue weighted by Crippen LogP contribution is -2.38. The predicted octanol–water partition coefficient (Wildman–Crippen LogP) is 1.75. The summed E-state index contributed by atoms with van der Waals surface area (Å²) in [6.45, 7) is 1.54. The van der Waals surface area contributed by atoms with E-state index in [0.717, 1.165) is 36.8 Å². The van der Waals surface area contributed by atoms with Crippen LogP contribution in [0.25, 0.3) is 0 Å². The first kappa shape index (κ1) is 23.1. The van der Waals surface area contributed by atoms with E-state index in [2.05, 4.69) is 5.32 Å². The number of halogens is 3. The lowest BCUT2D eigenvalue weighted by atomic mass is 10.2. The fraction of sp³-hybridized carbons (Fsp3) is 0.571. The molecule has 4 rings (SSSR count). The number of cyclic esters (lactones) is 1. The van der Waals surface area contributed by atoms with Crippen LogP contribution in [-0.2, 0) is 19.2 Å². The summed E-state index contributed by atoms with van der Waals surface area (Å²) in [7, 11) is 0. The lowest BCUT2D eigenvalue weighted by molar-refractivity contribution is -0.183. The largest absolute Gasteiger partial charge is 0.442 e. The second kappa shape index (κ2) is 9.46. The van der Waals surface area contributed by atoms with Gasteiger partial charge in [-0.15, -0.1) is 0 Å². The number of rotatable bonds is 6. The summed E-state index contributed by atoms with van der Waals surface area (Å²) in [6, 6.07) is 2.06. The number of hydroxylamine groups is 2. The fourth-order valence-corrected chi connectivity index (χ4v) is 3.78. The Kier molecular flexibility index (Phi) is 6.63. The summed E-state index contributed by atoms with van der Waals surface area (Å²) >= 11 is 0. The maximum atomic E-state index is 15.0. The van der Waals surface area contributed by atoms with Crippen molar-refractivity contribution in [1.29, 1.82) is 0 Å². The zero-order valence-corrected chi connectivity index (χ0v) is 18.1. The van der Waals surface area contributed by atoms with Crippen LogP contribution >= 0.6 is 0 Å². The molecule has 9 nitrogen and oxygen atoms in total. The average molecular weight is 470 g/mol. The molecule has 0 radical (unpaired) electrons. The Morgan fingerprint density at radius 3 is 2.52 bits per heavy atom. The number of carbonyl (C=O) groups excluding carboxylic acids is 3. The summed E-state index contributed by atoms with van der Waals surface area (Å²) in [4.78, 5) is 43.7. The van der Waals surface area contributed by atoms with Crippen LogP contribution in [0.5, 0.6) is 0 Å². The number of benzene rings is 1. The highest BCUT2D eigenvalue weighted by Crippen LogP contribution is 2.33. The van der Waals surface area contributed by atoms with Crippen molar-refractivity contribution in [2.75, 3.05) is 49.1 Å². The SMILES string of the molecule is CC(F)C(=O)NC[C@H]1CN(c2cc(F)c(N3CCON(C(=O)C4CC4)CC3)c(F)c2)C(=O)O1. The van der Waals surface area contributed by atoms with Gasteiger partial charge < -0.3 is 15.0 Å². The van der Waals surface area contributed by atoms with Gasteiger partial charge in [0.25, 0.3) is 5.91 Å². The molecule has 3 fully saturated rings. The van der Waals surface area contributed by atoms with Gasteiger partial charge in [0, 0.05) is 31.1 Å². The predicted molar refractivity (Wildman–Crippen MR) is 110 cm³/mol. The molecule has 3 amide bonds. The van der Waals surface area contributed by atoms with Gasteiger partial charge in [0.05, 0.1) is 31.9 Å². The molecule has 180 valence electrons. The number of hydrogen-bond acceptors (Lipinski definition) is 6. The first-order valence-electron chi connectivity index (χ1n) is 10.8. The topological polar surface area (TPSA) is 91.4 Å². The Morgan fingerprint density at radius 1 is 1.18 bits per heavy atom. The number of ether oxygens (including phenoxy) is 1. The maximum absolute atomic E-state index is 15.0. The Morgan fingerprint density at radius 2 is 1.88 bits per heavy atom. The van der Waals surface area contributed by atoms with Gasteiger partial charge in [0.2, 0.25) is 5.91 Å². The van der Waals surface area contributed by atoms with Crippen LogP contribution < -0.4 is 15.1 Å². The quantitative estimate of drug-likeness (QED) is 0.682. The first-order chi connectivity index (χ1) is 15.7. The van der Waals surface area contributed by atoms with Crippen molar-refractivity contribution in [2.45, 2.75) is 32.0 Å². The monoisotopic (exact) mass is 470 g/mol. The molecule has 1 aliphatic carbocycles. The minimum atomic E-state index is -1.71. The van der Waals surface area contributed by atoms with E-state index < -0.39 is 35.9 Å². The molecular formula is C21H25F3N4O5. The Labute approximate surface area is 188 Å². The number of amides is 3. The van der Waals surface area contributed by atoms with Crippen LogP contribution in [0.3, 0.4) is 0 Å². The molecule has 33 heavy (non-hydrogen) atoms. The third kappa shape index (κ3) is 5.15. The molecule has 2 saturated heterocycles. The smallest absolute Gasteiger partial charge is 0.414 e. The third-order valence-corrected chi connectivity index (χ3v) is 5.72. The van der Waals surface area contributed by atoms with E-state index in [-0.39, 0.29) is 62.5 Å². The summed E-state index contributed by atoms with van der Waals surface area (Å²) in [6.07, 6.45) is -1.67. The van der Waals surface area contributed by atoms with Crippen molar-refractivity contribution in [3.63, 3.8) is 0 Å². The van der Waals surface area contributed by atoms with E-state index in [9.17, 15) is 27.6 Å². The molecule has 0 bridgehead atoms. The van der Waals surface area contributed by atoms with Gasteiger partial charge >= 0.3 is 6.09 Å². The zero-order valence-electron chi connectivity index (χ0n) is 18.1. The highest BCUT2D eigenvalue weighted by Gasteiger charge is 2.36. The van der Waals surface area contributed by atoms with Crippen molar-refractivity contribution < 1.29 is 37.1 Å². The van der Waals surface area contributed by atoms with Gasteiger partial charge in [-0.1, -0.05) is 0 Å². The molecule has 3 aliphatic rings. The van der Waals surface area contributed by atoms with E-state index in [4.69, 9.17) is 9.57 Å². The van der Waals surface area contributed by atoms with E-state index in [1.54, 1.807) is 0 Å². The van der Waals surface area contributed by atoms with Gasteiger partial charge in [-0.3, -0.25) is 19.3 Å². The zero-order chi connectivity index (χ0) is 23.7. The Hall–Kier alpha value is -3.02. The van der Waals surface area contributed by atoms with E-state index >= 15 is 0 Å². The summed E-state index contributed by atoms with van der Waals surface area (Å²) in [5.41, 5.74) is -0.306. The van der Waals surface area contributed by atoms with E-state index in [1.165, 1.54) is 9.96 Å². The normalized spacial score (nSPS) is 22.1. The number of hydrogen-bond donors (Lipinski definition) is 1. The first-order valence-corrected chi connectivity index (χ1v) is 10.8. The third-order valence-electron chi connectivity index (χ3n) is 5.72. The van der Waals surface area contributed by atoms with Crippen molar-refractivity contribution in [1.82, 2.24) is 10.4 Å². The molecule has 0 aromatic heterocycles. The molecule has 12 heteroatoms. The fourth-order valence-electron chi connectivity index (χ4n) is 3.78. The molecule has 1 N–H and O–H groups in total. The van der Waals surface area contributed by atoms with E-state index in [0.29, 0.717) is 0 Å². The molecule has 1 aromatic rings. The van der Waals surface area contributed by atoms with Crippen LogP contribution in [-0.4, -0.2) is 74.6 Å². The standard InChI is InChI=1S/C21H25F3N4O5/c1-12(22)19(29)25-10-15-11-27(21(31)33-15)14-8-16(23)18(17(24)9-14)26-4-5-28(32-7-6-26)20(30)13-2-3-13/h8-9,12-13,15H,2-7,10-11H2,1H3,(H,25,29)/t12?,15-/m0/s1. The molecule has 1 aromatic carbocycles. The van der Waals surface area contributed by atoms with Crippen LogP contribution in [0.4, 0.5) is 29.3 Å². The minimum Gasteiger partial charge on any atom is -0.442 e. The van der Waals surface area contributed by atoms with Crippen LogP contribution in [0, 0.1) is 17.6 Å². The highest BCUT2D eigenvalue weighted by molar-refractivity contribution is 5.90. The second-order valence-electron chi connectivity index (χ2n) is 8.27. The molecule has 0 spiro atoms. The van der Waals surface area contributed by atoms with E-state index in [1.807, 2.05) is 0 Å². The molecular weight excluding hydrogens is 445 g/mol. The second-order valence-corrected chi connectivity index (χ2v) is 8.27. The summed E-state index contributed by atoms with van der Waals surface area (Å²) in [5.74, 6) is -2.72. The molecule has 1 saturated carbocycles. The Bertz CT molecular complexity index is 919. The van der Waals surface area contributed by atoms with Crippen molar-refractivity contribution in [3.8, 4) is 0 Å². The number of anilines is 2. The van der Waals surface area contributed by atoms with Gasteiger partial charge in [-0.2, -0.15) is 0 Å². The van der Waals surface area contributed by atoms with Gasteiger partial charge in [0.15, 0.2) is 17.8 Å². The van der Waals surface area contributed by atoms with Crippen molar-refractivity contribution in [3.05, 3.63) is 23.8 Å². The van der Waals surface area contributed by atoms with Gasteiger partial charge in [-0.05, 0) is 19.8 Å². The van der Waals surface area contributed by atoms with Crippen LogP contribution in [0.1, 0.15) is 19.8 Å². The lowest BCUT2D eigenvalue weighted by Gasteiger charge is -2.24. The van der Waals surface area contributed by atoms with Gasteiger partial charge in [-0.25, -0.2) is 23.0 Å². The Balaban J connectivity index is 1.42. The number of nitrogens with one attached hydrogen (secondary N) is 1. The molecule has 2 heterocycles. The molecule has 2 aliphatic heterocycles. The minimum absolute atomic E-state index is 0.0259.